The van der Waals surface area contributed by atoms with E-state index in [2.05, 4.69) is 34.5 Å². The zero-order chi connectivity index (χ0) is 9.38. The van der Waals surface area contributed by atoms with E-state index in [4.69, 9.17) is 0 Å². The molecule has 0 N–H and O–H groups in total. The average molecular weight is 187 g/mol. The number of piperazine rings is 1. The minimum absolute atomic E-state index is 0.679. The molecule has 2 heteroatoms. The number of aryl methyl sites for hydroxylation is 1. The molecule has 1 fully saturated rings. The van der Waals surface area contributed by atoms with Crippen molar-refractivity contribution >= 4 is 5.69 Å². The molecule has 0 bridgehead atoms. The van der Waals surface area contributed by atoms with Gasteiger partial charge in [0.15, 0.2) is 0 Å². The van der Waals surface area contributed by atoms with Crippen molar-refractivity contribution < 1.29 is 0 Å². The van der Waals surface area contributed by atoms with Gasteiger partial charge in [-0.05, 0) is 24.5 Å². The van der Waals surface area contributed by atoms with E-state index in [1.54, 1.807) is 0 Å². The fourth-order valence-corrected chi connectivity index (χ4v) is 2.59. The Labute approximate surface area is 84.9 Å². The summed E-state index contributed by atoms with van der Waals surface area (Å²) in [4.78, 5) is 2.55. The van der Waals surface area contributed by atoms with Gasteiger partial charge < -0.3 is 4.90 Å². The highest BCUT2D eigenvalue weighted by molar-refractivity contribution is 5.56. The molecule has 3 rings (SSSR count). The van der Waals surface area contributed by atoms with Crippen molar-refractivity contribution in [3.05, 3.63) is 29.8 Å². The van der Waals surface area contributed by atoms with Crippen LogP contribution in [0, 0.1) is 0 Å². The van der Waals surface area contributed by atoms with Gasteiger partial charge in [0.2, 0.25) is 0 Å². The number of rotatable bonds is 0. The molecule has 2 aliphatic heterocycles. The quantitative estimate of drug-likeness (QED) is 0.600. The van der Waals surface area contributed by atoms with Crippen LogP contribution in [0.15, 0.2) is 24.3 Å². The lowest BCUT2D eigenvalue weighted by molar-refractivity contribution is 0.434. The van der Waals surface area contributed by atoms with Crippen molar-refractivity contribution in [3.8, 4) is 0 Å². The van der Waals surface area contributed by atoms with E-state index in [0.29, 0.717) is 6.04 Å². The highest BCUT2D eigenvalue weighted by Crippen LogP contribution is 2.30. The highest BCUT2D eigenvalue weighted by atomic mass is 15.2. The number of fused-ring (bicyclic) bond motifs is 3. The summed E-state index contributed by atoms with van der Waals surface area (Å²) in [6, 6.07) is 9.49. The van der Waals surface area contributed by atoms with Gasteiger partial charge in [-0.25, -0.2) is 5.32 Å². The Morgan fingerprint density at radius 2 is 2.21 bits per heavy atom. The summed E-state index contributed by atoms with van der Waals surface area (Å²) in [6.45, 7) is 3.15. The second-order valence-corrected chi connectivity index (χ2v) is 4.14. The van der Waals surface area contributed by atoms with E-state index in [0.717, 1.165) is 19.6 Å². The van der Waals surface area contributed by atoms with Crippen LogP contribution >= 0.6 is 0 Å². The van der Waals surface area contributed by atoms with Gasteiger partial charge in [-0.1, -0.05) is 18.2 Å². The predicted octanol–water partition coefficient (Wildman–Crippen LogP) is 1.43. The number of nitrogens with zero attached hydrogens (tertiary/aromatic N) is 2. The van der Waals surface area contributed by atoms with E-state index in [1.807, 2.05) is 0 Å². The Bertz CT molecular complexity index is 335. The standard InChI is InChI=1S/C12H15N2/c1-2-4-12-10(3-1)5-6-11-9-13-7-8-14(11)12/h1-4,11H,5-9H2. The number of hydrogen-bond donors (Lipinski definition) is 0. The predicted molar refractivity (Wildman–Crippen MR) is 57.8 cm³/mol. The highest BCUT2D eigenvalue weighted by Gasteiger charge is 2.27. The third kappa shape index (κ3) is 1.22. The molecule has 1 radical (unpaired) electrons. The summed E-state index contributed by atoms with van der Waals surface area (Å²) >= 11 is 0. The Morgan fingerprint density at radius 1 is 1.29 bits per heavy atom. The first-order valence-electron chi connectivity index (χ1n) is 5.43. The second kappa shape index (κ2) is 3.28. The van der Waals surface area contributed by atoms with Gasteiger partial charge in [-0.15, -0.1) is 0 Å². The lowest BCUT2D eigenvalue weighted by Crippen LogP contribution is -2.51. The molecule has 0 saturated carbocycles. The maximum absolute atomic E-state index is 4.49. The Hall–Kier alpha value is -1.02. The molecule has 1 saturated heterocycles. The molecule has 1 unspecified atom stereocenters. The molecule has 73 valence electrons. The smallest absolute Gasteiger partial charge is 0.0435 e. The maximum atomic E-state index is 4.49. The summed E-state index contributed by atoms with van der Waals surface area (Å²) in [6.07, 6.45) is 2.51. The zero-order valence-electron chi connectivity index (χ0n) is 8.32. The average Bonchev–Trinajstić information content (AvgIpc) is 2.29. The first-order valence-corrected chi connectivity index (χ1v) is 5.43. The fraction of sp³-hybridized carbons (Fsp3) is 0.500. The van der Waals surface area contributed by atoms with Crippen LogP contribution in [0.25, 0.3) is 0 Å². The molecule has 1 atom stereocenters. The van der Waals surface area contributed by atoms with Crippen LogP contribution < -0.4 is 10.2 Å². The first kappa shape index (κ1) is 8.30. The molecule has 2 heterocycles. The zero-order valence-corrected chi connectivity index (χ0v) is 8.32. The van der Waals surface area contributed by atoms with Gasteiger partial charge in [0, 0.05) is 31.4 Å². The van der Waals surface area contributed by atoms with E-state index in [1.165, 1.54) is 24.1 Å². The molecule has 2 nitrogen and oxygen atoms in total. The molecule has 0 amide bonds. The van der Waals surface area contributed by atoms with E-state index >= 15 is 0 Å². The van der Waals surface area contributed by atoms with Crippen LogP contribution in [-0.4, -0.2) is 25.7 Å². The monoisotopic (exact) mass is 187 g/mol. The van der Waals surface area contributed by atoms with Crippen molar-refractivity contribution in [2.24, 2.45) is 0 Å². The van der Waals surface area contributed by atoms with Crippen LogP contribution in [0.4, 0.5) is 5.69 Å². The number of benzene rings is 1. The summed E-state index contributed by atoms with van der Waals surface area (Å²) in [7, 11) is 0. The number of anilines is 1. The first-order chi connectivity index (χ1) is 6.95. The summed E-state index contributed by atoms with van der Waals surface area (Å²) in [5, 5.41) is 4.49. The molecular formula is C12H15N2. The van der Waals surface area contributed by atoms with Crippen molar-refractivity contribution in [2.75, 3.05) is 24.5 Å². The topological polar surface area (TPSA) is 17.3 Å². The van der Waals surface area contributed by atoms with Gasteiger partial charge in [0.05, 0.1) is 0 Å². The molecule has 2 aliphatic rings. The van der Waals surface area contributed by atoms with Crippen LogP contribution in [-0.2, 0) is 6.42 Å². The molecule has 1 aromatic carbocycles. The van der Waals surface area contributed by atoms with E-state index in [9.17, 15) is 0 Å². The molecule has 0 spiro atoms. The summed E-state index contributed by atoms with van der Waals surface area (Å²) in [5.74, 6) is 0. The third-order valence-electron chi connectivity index (χ3n) is 3.33. The van der Waals surface area contributed by atoms with Crippen LogP contribution in [0.3, 0.4) is 0 Å². The van der Waals surface area contributed by atoms with Crippen molar-refractivity contribution in [1.82, 2.24) is 5.32 Å². The van der Waals surface area contributed by atoms with Crippen LogP contribution in [0.5, 0.6) is 0 Å². The van der Waals surface area contributed by atoms with Gasteiger partial charge >= 0.3 is 0 Å². The van der Waals surface area contributed by atoms with Gasteiger partial charge in [0.25, 0.3) is 0 Å². The van der Waals surface area contributed by atoms with Crippen molar-refractivity contribution in [3.63, 3.8) is 0 Å². The minimum Gasteiger partial charge on any atom is -0.366 e. The van der Waals surface area contributed by atoms with Gasteiger partial charge in [-0.2, -0.15) is 0 Å². The minimum atomic E-state index is 0.679. The number of hydrogen-bond acceptors (Lipinski definition) is 1. The molecule has 1 aromatic rings. The third-order valence-corrected chi connectivity index (χ3v) is 3.33. The Kier molecular flexibility index (Phi) is 1.95. The van der Waals surface area contributed by atoms with E-state index < -0.39 is 0 Å². The van der Waals surface area contributed by atoms with Crippen LogP contribution in [0.1, 0.15) is 12.0 Å². The molecular weight excluding hydrogens is 172 g/mol. The lowest BCUT2D eigenvalue weighted by atomic mass is 9.94. The summed E-state index contributed by atoms with van der Waals surface area (Å²) in [5.41, 5.74) is 2.98. The maximum Gasteiger partial charge on any atom is 0.0435 e. The summed E-state index contributed by atoms with van der Waals surface area (Å²) < 4.78 is 0. The fourth-order valence-electron chi connectivity index (χ4n) is 2.59. The molecule has 0 aromatic heterocycles. The van der Waals surface area contributed by atoms with Crippen LogP contribution in [0.2, 0.25) is 0 Å². The second-order valence-electron chi connectivity index (χ2n) is 4.14. The van der Waals surface area contributed by atoms with Crippen molar-refractivity contribution in [2.45, 2.75) is 18.9 Å². The largest absolute Gasteiger partial charge is 0.366 e. The van der Waals surface area contributed by atoms with E-state index in [-0.39, 0.29) is 0 Å². The Morgan fingerprint density at radius 3 is 3.21 bits per heavy atom. The van der Waals surface area contributed by atoms with Gasteiger partial charge in [-0.3, -0.25) is 0 Å². The number of para-hydroxylation sites is 1. The van der Waals surface area contributed by atoms with Crippen molar-refractivity contribution in [1.29, 1.82) is 0 Å². The Balaban J connectivity index is 1.99. The molecule has 14 heavy (non-hydrogen) atoms. The molecule has 0 aliphatic carbocycles. The lowest BCUT2D eigenvalue weighted by Gasteiger charge is -2.41. The normalized spacial score (nSPS) is 25.4. The SMILES string of the molecule is c1ccc2c(c1)CCC1C[N]CCN21. The van der Waals surface area contributed by atoms with Gasteiger partial charge in [0.1, 0.15) is 0 Å².